The van der Waals surface area contributed by atoms with E-state index in [2.05, 4.69) is 17.0 Å². The number of fused-ring (bicyclic) bond motifs is 1. The van der Waals surface area contributed by atoms with Gasteiger partial charge in [0.2, 0.25) is 0 Å². The van der Waals surface area contributed by atoms with Gasteiger partial charge in [-0.1, -0.05) is 0 Å². The third-order valence-corrected chi connectivity index (χ3v) is 3.80. The molecule has 0 unspecified atom stereocenters. The summed E-state index contributed by atoms with van der Waals surface area (Å²) >= 11 is 1.92. The molecule has 0 radical (unpaired) electrons. The van der Waals surface area contributed by atoms with Gasteiger partial charge in [0.1, 0.15) is 5.75 Å². The molecule has 0 saturated heterocycles. The zero-order valence-electron chi connectivity index (χ0n) is 9.61. The van der Waals surface area contributed by atoms with Gasteiger partial charge < -0.3 is 15.4 Å². The van der Waals surface area contributed by atoms with Crippen LogP contribution in [0.15, 0.2) is 23.1 Å². The Labute approximate surface area is 101 Å². The van der Waals surface area contributed by atoms with Crippen LogP contribution < -0.4 is 15.4 Å². The van der Waals surface area contributed by atoms with Crippen LogP contribution in [-0.4, -0.2) is 32.5 Å². The molecule has 0 fully saturated rings. The third kappa shape index (κ3) is 2.44. The van der Waals surface area contributed by atoms with Crippen molar-refractivity contribution in [2.24, 2.45) is 5.73 Å². The number of anilines is 1. The van der Waals surface area contributed by atoms with E-state index in [-0.39, 0.29) is 0 Å². The molecule has 1 aromatic carbocycles. The van der Waals surface area contributed by atoms with E-state index in [4.69, 9.17) is 10.5 Å². The molecule has 1 heterocycles. The van der Waals surface area contributed by atoms with Crippen LogP contribution in [0.25, 0.3) is 0 Å². The summed E-state index contributed by atoms with van der Waals surface area (Å²) in [6.07, 6.45) is 1.04. The van der Waals surface area contributed by atoms with E-state index >= 15 is 0 Å². The molecular weight excluding hydrogens is 220 g/mol. The Morgan fingerprint density at radius 3 is 3.12 bits per heavy atom. The van der Waals surface area contributed by atoms with Crippen molar-refractivity contribution in [3.05, 3.63) is 18.2 Å². The summed E-state index contributed by atoms with van der Waals surface area (Å²) in [5.74, 6) is 2.09. The molecule has 0 aliphatic carbocycles. The molecule has 88 valence electrons. The lowest BCUT2D eigenvalue weighted by Gasteiger charge is -2.31. The van der Waals surface area contributed by atoms with Gasteiger partial charge in [-0.05, 0) is 25.1 Å². The fourth-order valence-corrected chi connectivity index (χ4v) is 2.93. The number of ether oxygens (including phenoxy) is 1. The maximum Gasteiger partial charge on any atom is 0.121 e. The van der Waals surface area contributed by atoms with Crippen molar-refractivity contribution < 1.29 is 4.74 Å². The minimum Gasteiger partial charge on any atom is -0.497 e. The Bertz CT molecular complexity index is 357. The molecule has 2 rings (SSSR count). The van der Waals surface area contributed by atoms with Gasteiger partial charge in [0.15, 0.2) is 0 Å². The first-order chi connectivity index (χ1) is 7.85. The first kappa shape index (κ1) is 11.6. The summed E-state index contributed by atoms with van der Waals surface area (Å²) in [6.45, 7) is 2.89. The summed E-state index contributed by atoms with van der Waals surface area (Å²) in [6, 6.07) is 6.30. The third-order valence-electron chi connectivity index (χ3n) is 2.76. The summed E-state index contributed by atoms with van der Waals surface area (Å²) < 4.78 is 5.27. The first-order valence-electron chi connectivity index (χ1n) is 5.61. The van der Waals surface area contributed by atoms with Crippen molar-refractivity contribution in [1.29, 1.82) is 0 Å². The molecule has 3 nitrogen and oxygen atoms in total. The lowest BCUT2D eigenvalue weighted by molar-refractivity contribution is 0.414. The number of rotatable bonds is 4. The van der Waals surface area contributed by atoms with Gasteiger partial charge in [0, 0.05) is 29.8 Å². The second-order valence-electron chi connectivity index (χ2n) is 3.81. The Balaban J connectivity index is 2.21. The van der Waals surface area contributed by atoms with Crippen LogP contribution in [0.3, 0.4) is 0 Å². The van der Waals surface area contributed by atoms with E-state index in [0.717, 1.165) is 37.6 Å². The van der Waals surface area contributed by atoms with Crippen molar-refractivity contribution in [2.75, 3.05) is 37.4 Å². The number of benzene rings is 1. The zero-order valence-corrected chi connectivity index (χ0v) is 10.4. The average Bonchev–Trinajstić information content (AvgIpc) is 2.35. The van der Waals surface area contributed by atoms with E-state index in [1.807, 2.05) is 17.8 Å². The summed E-state index contributed by atoms with van der Waals surface area (Å²) in [4.78, 5) is 3.75. The molecule has 0 amide bonds. The maximum absolute atomic E-state index is 5.57. The van der Waals surface area contributed by atoms with Crippen LogP contribution in [0.2, 0.25) is 0 Å². The fraction of sp³-hybridized carbons (Fsp3) is 0.500. The molecule has 1 aliphatic rings. The smallest absolute Gasteiger partial charge is 0.121 e. The molecule has 2 N–H and O–H groups in total. The number of hydrogen-bond donors (Lipinski definition) is 1. The molecule has 0 saturated carbocycles. The normalized spacial score (nSPS) is 14.8. The second kappa shape index (κ2) is 5.46. The highest BCUT2D eigenvalue weighted by Crippen LogP contribution is 2.37. The molecule has 4 heteroatoms. The van der Waals surface area contributed by atoms with Crippen LogP contribution in [0.4, 0.5) is 5.69 Å². The fourth-order valence-electron chi connectivity index (χ4n) is 1.89. The van der Waals surface area contributed by atoms with Crippen LogP contribution in [0.1, 0.15) is 6.42 Å². The minimum atomic E-state index is 0.753. The molecule has 1 aromatic rings. The molecule has 0 atom stereocenters. The van der Waals surface area contributed by atoms with Crippen LogP contribution in [0, 0.1) is 0 Å². The van der Waals surface area contributed by atoms with E-state index in [9.17, 15) is 0 Å². The van der Waals surface area contributed by atoms with Crippen molar-refractivity contribution in [3.63, 3.8) is 0 Å². The first-order valence-corrected chi connectivity index (χ1v) is 6.59. The number of thioether (sulfide) groups is 1. The zero-order chi connectivity index (χ0) is 11.4. The van der Waals surface area contributed by atoms with E-state index in [1.54, 1.807) is 7.11 Å². The number of methoxy groups -OCH3 is 1. The molecule has 1 aliphatic heterocycles. The Kier molecular flexibility index (Phi) is 3.96. The van der Waals surface area contributed by atoms with E-state index < -0.39 is 0 Å². The molecule has 0 spiro atoms. The number of nitrogens with two attached hydrogens (primary N) is 1. The lowest BCUT2D eigenvalue weighted by Crippen LogP contribution is -2.31. The standard InChI is InChI=1S/C12H18N2OS/c1-15-10-3-4-12-11(9-10)14(6-2-5-13)7-8-16-12/h3-4,9H,2,5-8,13H2,1H3. The molecule has 0 aromatic heterocycles. The maximum atomic E-state index is 5.57. The quantitative estimate of drug-likeness (QED) is 0.870. The minimum absolute atomic E-state index is 0.753. The largest absolute Gasteiger partial charge is 0.497 e. The van der Waals surface area contributed by atoms with Gasteiger partial charge in [-0.2, -0.15) is 0 Å². The highest BCUT2D eigenvalue weighted by molar-refractivity contribution is 7.99. The van der Waals surface area contributed by atoms with Gasteiger partial charge in [-0.25, -0.2) is 0 Å². The summed E-state index contributed by atoms with van der Waals surface area (Å²) in [5, 5.41) is 0. The lowest BCUT2D eigenvalue weighted by atomic mass is 10.2. The predicted molar refractivity (Wildman–Crippen MR) is 69.6 cm³/mol. The van der Waals surface area contributed by atoms with Crippen molar-refractivity contribution >= 4 is 17.4 Å². The summed E-state index contributed by atoms with van der Waals surface area (Å²) in [7, 11) is 1.71. The van der Waals surface area contributed by atoms with Gasteiger partial charge in [0.05, 0.1) is 12.8 Å². The SMILES string of the molecule is COc1ccc2c(c1)N(CCCN)CCS2. The number of nitrogens with zero attached hydrogens (tertiary/aromatic N) is 1. The summed E-state index contributed by atoms with van der Waals surface area (Å²) in [5.41, 5.74) is 6.86. The van der Waals surface area contributed by atoms with Crippen LogP contribution >= 0.6 is 11.8 Å². The van der Waals surface area contributed by atoms with E-state index in [0.29, 0.717) is 0 Å². The molecule has 16 heavy (non-hydrogen) atoms. The van der Waals surface area contributed by atoms with Crippen molar-refractivity contribution in [2.45, 2.75) is 11.3 Å². The highest BCUT2D eigenvalue weighted by atomic mass is 32.2. The van der Waals surface area contributed by atoms with Crippen molar-refractivity contribution in [3.8, 4) is 5.75 Å². The Hall–Kier alpha value is -0.870. The van der Waals surface area contributed by atoms with Crippen LogP contribution in [0.5, 0.6) is 5.75 Å². The van der Waals surface area contributed by atoms with E-state index in [1.165, 1.54) is 10.6 Å². The molecule has 0 bridgehead atoms. The van der Waals surface area contributed by atoms with Gasteiger partial charge >= 0.3 is 0 Å². The molecular formula is C12H18N2OS. The second-order valence-corrected chi connectivity index (χ2v) is 4.95. The topological polar surface area (TPSA) is 38.5 Å². The van der Waals surface area contributed by atoms with Gasteiger partial charge in [-0.3, -0.25) is 0 Å². The predicted octanol–water partition coefficient (Wildman–Crippen LogP) is 1.96. The average molecular weight is 238 g/mol. The highest BCUT2D eigenvalue weighted by Gasteiger charge is 2.17. The number of hydrogen-bond acceptors (Lipinski definition) is 4. The van der Waals surface area contributed by atoms with Crippen molar-refractivity contribution in [1.82, 2.24) is 0 Å². The van der Waals surface area contributed by atoms with Crippen LogP contribution in [-0.2, 0) is 0 Å². The monoisotopic (exact) mass is 238 g/mol. The van der Waals surface area contributed by atoms with Gasteiger partial charge in [0.25, 0.3) is 0 Å². The Morgan fingerprint density at radius 1 is 1.50 bits per heavy atom. The van der Waals surface area contributed by atoms with Gasteiger partial charge in [-0.15, -0.1) is 11.8 Å². The Morgan fingerprint density at radius 2 is 2.38 bits per heavy atom.